The van der Waals surface area contributed by atoms with Gasteiger partial charge in [0.25, 0.3) is 11.8 Å². The number of halogens is 1. The van der Waals surface area contributed by atoms with E-state index < -0.39 is 11.8 Å². The van der Waals surface area contributed by atoms with Gasteiger partial charge >= 0.3 is 0 Å². The molecule has 0 spiro atoms. The molecule has 6 nitrogen and oxygen atoms in total. The van der Waals surface area contributed by atoms with Crippen molar-refractivity contribution in [3.8, 4) is 0 Å². The van der Waals surface area contributed by atoms with Gasteiger partial charge in [-0.05, 0) is 56.4 Å². The van der Waals surface area contributed by atoms with Gasteiger partial charge in [-0.25, -0.2) is 0 Å². The summed E-state index contributed by atoms with van der Waals surface area (Å²) in [6.45, 7) is 5.62. The fraction of sp³-hybridized carbons (Fsp3) is 0.211. The van der Waals surface area contributed by atoms with Gasteiger partial charge in [0.05, 0.1) is 5.69 Å². The van der Waals surface area contributed by atoms with Gasteiger partial charge in [0.15, 0.2) is 11.0 Å². The maximum Gasteiger partial charge on any atom is 0.270 e. The molecular formula is C19H18ClN3O3S. The Morgan fingerprint density at radius 3 is 2.63 bits per heavy atom. The molecule has 1 aromatic heterocycles. The normalized spacial score (nSPS) is 16.0. The molecule has 1 aromatic carbocycles. The summed E-state index contributed by atoms with van der Waals surface area (Å²) in [4.78, 5) is 28.5. The van der Waals surface area contributed by atoms with Gasteiger partial charge in [-0.2, -0.15) is 0 Å². The highest BCUT2D eigenvalue weighted by atomic mass is 35.5. The summed E-state index contributed by atoms with van der Waals surface area (Å²) in [5.74, 6) is -0.0112. The average molecular weight is 404 g/mol. The number of carbonyl (C=O) groups is 2. The Bertz CT molecular complexity index is 934. The molecule has 1 aliphatic heterocycles. The largest absolute Gasteiger partial charge is 0.441 e. The van der Waals surface area contributed by atoms with Crippen LogP contribution in [0.4, 0.5) is 11.6 Å². The number of hydrogen-bond donors (Lipinski definition) is 1. The minimum atomic E-state index is -0.566. The quantitative estimate of drug-likeness (QED) is 0.469. The molecule has 2 amide bonds. The van der Waals surface area contributed by atoms with Crippen LogP contribution in [0.3, 0.4) is 0 Å². The van der Waals surface area contributed by atoms with Crippen LogP contribution in [0, 0.1) is 0 Å². The van der Waals surface area contributed by atoms with Gasteiger partial charge in [0.2, 0.25) is 0 Å². The summed E-state index contributed by atoms with van der Waals surface area (Å²) in [6, 6.07) is 10.2. The van der Waals surface area contributed by atoms with Crippen LogP contribution in [-0.4, -0.2) is 30.0 Å². The topological polar surface area (TPSA) is 65.8 Å². The number of nitrogens with zero attached hydrogens (tertiary/aromatic N) is 2. The molecule has 0 radical (unpaired) electrons. The molecule has 2 heterocycles. The van der Waals surface area contributed by atoms with Crippen LogP contribution < -0.4 is 15.1 Å². The highest BCUT2D eigenvalue weighted by Crippen LogP contribution is 2.26. The monoisotopic (exact) mass is 403 g/mol. The van der Waals surface area contributed by atoms with E-state index in [-0.39, 0.29) is 10.7 Å². The van der Waals surface area contributed by atoms with Crippen molar-refractivity contribution < 1.29 is 14.0 Å². The number of amides is 2. The average Bonchev–Trinajstić information content (AvgIpc) is 3.08. The van der Waals surface area contributed by atoms with E-state index in [1.807, 2.05) is 24.8 Å². The van der Waals surface area contributed by atoms with Crippen molar-refractivity contribution in [2.24, 2.45) is 0 Å². The number of rotatable bonds is 5. The zero-order valence-electron chi connectivity index (χ0n) is 14.9. The Morgan fingerprint density at radius 2 is 1.96 bits per heavy atom. The minimum absolute atomic E-state index is 0.00712. The molecular weight excluding hydrogens is 386 g/mol. The number of hydrogen-bond acceptors (Lipinski definition) is 5. The summed E-state index contributed by atoms with van der Waals surface area (Å²) in [5, 5.41) is 3.00. The van der Waals surface area contributed by atoms with E-state index in [1.54, 1.807) is 30.3 Å². The van der Waals surface area contributed by atoms with Crippen LogP contribution in [0.1, 0.15) is 19.6 Å². The summed E-state index contributed by atoms with van der Waals surface area (Å²) in [6.07, 6.45) is 1.42. The number of nitrogens with one attached hydrogen (secondary N) is 1. The summed E-state index contributed by atoms with van der Waals surface area (Å²) >= 11 is 11.2. The molecule has 1 saturated heterocycles. The molecule has 140 valence electrons. The van der Waals surface area contributed by atoms with E-state index in [2.05, 4.69) is 5.32 Å². The van der Waals surface area contributed by atoms with E-state index in [1.165, 1.54) is 11.0 Å². The van der Waals surface area contributed by atoms with Crippen LogP contribution in [0.25, 0.3) is 6.08 Å². The zero-order valence-corrected chi connectivity index (χ0v) is 16.4. The Morgan fingerprint density at radius 1 is 1.22 bits per heavy atom. The van der Waals surface area contributed by atoms with Crippen LogP contribution in [0.2, 0.25) is 5.02 Å². The van der Waals surface area contributed by atoms with Gasteiger partial charge in [-0.15, -0.1) is 0 Å². The molecule has 0 bridgehead atoms. The first-order valence-corrected chi connectivity index (χ1v) is 9.25. The van der Waals surface area contributed by atoms with Gasteiger partial charge in [0.1, 0.15) is 11.3 Å². The Labute approximate surface area is 167 Å². The molecule has 0 unspecified atom stereocenters. The third-order valence-corrected chi connectivity index (χ3v) is 4.66. The van der Waals surface area contributed by atoms with Crippen LogP contribution >= 0.6 is 23.8 Å². The van der Waals surface area contributed by atoms with Crippen molar-refractivity contribution in [3.63, 3.8) is 0 Å². The van der Waals surface area contributed by atoms with Gasteiger partial charge in [-0.1, -0.05) is 17.7 Å². The molecule has 1 N–H and O–H groups in total. The van der Waals surface area contributed by atoms with E-state index in [9.17, 15) is 9.59 Å². The van der Waals surface area contributed by atoms with Crippen molar-refractivity contribution in [2.45, 2.75) is 13.8 Å². The number of benzene rings is 1. The van der Waals surface area contributed by atoms with E-state index in [4.69, 9.17) is 28.2 Å². The Hall–Kier alpha value is -2.64. The Balaban J connectivity index is 1.95. The first-order chi connectivity index (χ1) is 12.9. The van der Waals surface area contributed by atoms with Crippen molar-refractivity contribution in [3.05, 3.63) is 52.8 Å². The lowest BCUT2D eigenvalue weighted by atomic mass is 10.1. The fourth-order valence-electron chi connectivity index (χ4n) is 2.77. The number of carbonyl (C=O) groups excluding carboxylic acids is 2. The lowest BCUT2D eigenvalue weighted by Crippen LogP contribution is -2.54. The van der Waals surface area contributed by atoms with Crippen molar-refractivity contribution >= 4 is 58.4 Å². The van der Waals surface area contributed by atoms with E-state index >= 15 is 0 Å². The second-order valence-electron chi connectivity index (χ2n) is 5.79. The maximum atomic E-state index is 12.9. The second-order valence-corrected chi connectivity index (χ2v) is 6.61. The predicted octanol–water partition coefficient (Wildman–Crippen LogP) is 3.61. The lowest BCUT2D eigenvalue weighted by Gasteiger charge is -2.28. The van der Waals surface area contributed by atoms with Crippen LogP contribution in [-0.2, 0) is 9.59 Å². The van der Waals surface area contributed by atoms with Crippen LogP contribution in [0.15, 0.2) is 46.4 Å². The van der Waals surface area contributed by atoms with Gasteiger partial charge in [-0.3, -0.25) is 19.8 Å². The van der Waals surface area contributed by atoms with Crippen molar-refractivity contribution in [2.75, 3.05) is 22.9 Å². The second kappa shape index (κ2) is 7.94. The number of anilines is 2. The van der Waals surface area contributed by atoms with Gasteiger partial charge in [0, 0.05) is 24.2 Å². The highest BCUT2D eigenvalue weighted by molar-refractivity contribution is 7.80. The molecule has 0 saturated carbocycles. The van der Waals surface area contributed by atoms with Gasteiger partial charge < -0.3 is 9.32 Å². The highest BCUT2D eigenvalue weighted by Gasteiger charge is 2.34. The number of thiocarbonyl (C=S) groups is 1. The molecule has 0 atom stereocenters. The Kier molecular flexibility index (Phi) is 5.62. The number of furan rings is 1. The smallest absolute Gasteiger partial charge is 0.270 e. The SMILES string of the molecule is CCN(CC)c1ccc(/C=C2\C(=O)NC(=S)N(c3cccc(Cl)c3)C2=O)o1. The first kappa shape index (κ1) is 19.1. The fourth-order valence-corrected chi connectivity index (χ4v) is 3.24. The van der Waals surface area contributed by atoms with Crippen molar-refractivity contribution in [1.82, 2.24) is 5.32 Å². The lowest BCUT2D eigenvalue weighted by molar-refractivity contribution is -0.122. The summed E-state index contributed by atoms with van der Waals surface area (Å²) < 4.78 is 5.76. The molecule has 8 heteroatoms. The van der Waals surface area contributed by atoms with E-state index in [0.29, 0.717) is 22.4 Å². The minimum Gasteiger partial charge on any atom is -0.441 e. The summed E-state index contributed by atoms with van der Waals surface area (Å²) in [5.41, 5.74) is 0.413. The molecule has 1 aliphatic rings. The molecule has 3 rings (SSSR count). The standard InChI is InChI=1S/C19H18ClN3O3S/c1-3-22(4-2)16-9-8-14(26-16)11-15-17(24)21-19(27)23(18(15)25)13-7-5-6-12(20)10-13/h5-11H,3-4H2,1-2H3,(H,21,24,27)/b15-11+. The third-order valence-electron chi connectivity index (χ3n) is 4.14. The first-order valence-electron chi connectivity index (χ1n) is 8.46. The third kappa shape index (κ3) is 3.89. The van der Waals surface area contributed by atoms with Crippen molar-refractivity contribution in [1.29, 1.82) is 0 Å². The van der Waals surface area contributed by atoms with Crippen LogP contribution in [0.5, 0.6) is 0 Å². The molecule has 1 fully saturated rings. The maximum absolute atomic E-state index is 12.9. The molecule has 2 aromatic rings. The van der Waals surface area contributed by atoms with E-state index in [0.717, 1.165) is 13.1 Å². The molecule has 27 heavy (non-hydrogen) atoms. The zero-order chi connectivity index (χ0) is 19.6. The molecule has 0 aliphatic carbocycles. The summed E-state index contributed by atoms with van der Waals surface area (Å²) in [7, 11) is 0. The predicted molar refractivity (Wildman–Crippen MR) is 110 cm³/mol.